The van der Waals surface area contributed by atoms with Crippen LogP contribution in [0, 0.1) is 0 Å². The number of aromatic amines is 1. The number of aromatic nitrogens is 2. The summed E-state index contributed by atoms with van der Waals surface area (Å²) in [5, 5.41) is 7.62. The van der Waals surface area contributed by atoms with Gasteiger partial charge in [0.1, 0.15) is 0 Å². The molecule has 0 aliphatic carbocycles. The molecular weight excluding hydrogens is 354 g/mol. The zero-order valence-electron chi connectivity index (χ0n) is 15.2. The summed E-state index contributed by atoms with van der Waals surface area (Å²) >= 11 is 0. The molecule has 0 atom stereocenters. The zero-order valence-corrected chi connectivity index (χ0v) is 15.2. The van der Waals surface area contributed by atoms with Gasteiger partial charge in [-0.05, 0) is 23.8 Å². The van der Waals surface area contributed by atoms with E-state index in [2.05, 4.69) is 10.2 Å². The van der Waals surface area contributed by atoms with Crippen molar-refractivity contribution in [2.45, 2.75) is 13.0 Å². The van der Waals surface area contributed by atoms with Crippen molar-refractivity contribution in [2.24, 2.45) is 0 Å². The Balaban J connectivity index is 1.33. The Morgan fingerprint density at radius 3 is 2.86 bits per heavy atom. The van der Waals surface area contributed by atoms with Gasteiger partial charge >= 0.3 is 0 Å². The highest BCUT2D eigenvalue weighted by molar-refractivity contribution is 5.92. The number of hydrogen-bond donors (Lipinski definition) is 1. The molecule has 0 saturated heterocycles. The number of ether oxygens (including phenoxy) is 2. The number of carbonyl (C=O) groups is 1. The van der Waals surface area contributed by atoms with Crippen LogP contribution in [0.2, 0.25) is 0 Å². The summed E-state index contributed by atoms with van der Waals surface area (Å²) in [6.45, 7) is 1.47. The van der Waals surface area contributed by atoms with E-state index in [0.717, 1.165) is 40.2 Å². The van der Waals surface area contributed by atoms with Crippen LogP contribution >= 0.6 is 0 Å². The van der Waals surface area contributed by atoms with Crippen molar-refractivity contribution in [3.8, 4) is 22.8 Å². The van der Waals surface area contributed by atoms with E-state index in [0.29, 0.717) is 18.8 Å². The van der Waals surface area contributed by atoms with Crippen molar-refractivity contribution >= 4 is 12.0 Å². The number of rotatable bonds is 3. The van der Waals surface area contributed by atoms with Gasteiger partial charge in [0.25, 0.3) is 0 Å². The average molecular weight is 373 g/mol. The van der Waals surface area contributed by atoms with E-state index in [-0.39, 0.29) is 12.7 Å². The van der Waals surface area contributed by atoms with Crippen molar-refractivity contribution in [1.29, 1.82) is 0 Å². The number of H-pyrrole nitrogens is 1. The summed E-state index contributed by atoms with van der Waals surface area (Å²) in [4.78, 5) is 14.6. The van der Waals surface area contributed by atoms with E-state index in [4.69, 9.17) is 9.47 Å². The fourth-order valence-corrected chi connectivity index (χ4v) is 3.61. The Morgan fingerprint density at radius 1 is 1.11 bits per heavy atom. The van der Waals surface area contributed by atoms with Crippen molar-refractivity contribution in [3.63, 3.8) is 0 Å². The Hall–Kier alpha value is -3.54. The van der Waals surface area contributed by atoms with Crippen LogP contribution in [0.15, 0.2) is 54.6 Å². The van der Waals surface area contributed by atoms with Crippen LogP contribution < -0.4 is 9.47 Å². The largest absolute Gasteiger partial charge is 0.454 e. The molecule has 6 nitrogen and oxygen atoms in total. The van der Waals surface area contributed by atoms with Gasteiger partial charge in [0.05, 0.1) is 5.69 Å². The number of fused-ring (bicyclic) bond motifs is 2. The van der Waals surface area contributed by atoms with Crippen LogP contribution in [-0.2, 0) is 17.8 Å². The van der Waals surface area contributed by atoms with Gasteiger partial charge in [-0.3, -0.25) is 9.89 Å². The molecule has 0 unspecified atom stereocenters. The molecule has 0 fully saturated rings. The van der Waals surface area contributed by atoms with Crippen LogP contribution in [-0.4, -0.2) is 34.3 Å². The summed E-state index contributed by atoms with van der Waals surface area (Å²) in [7, 11) is 0. The Morgan fingerprint density at radius 2 is 1.96 bits per heavy atom. The second-order valence-corrected chi connectivity index (χ2v) is 6.85. The number of benzene rings is 2. The molecule has 3 heterocycles. The third-order valence-electron chi connectivity index (χ3n) is 5.11. The number of nitrogens with one attached hydrogen (secondary N) is 1. The molecule has 0 spiro atoms. The highest BCUT2D eigenvalue weighted by atomic mass is 16.7. The van der Waals surface area contributed by atoms with E-state index in [1.54, 1.807) is 6.08 Å². The minimum atomic E-state index is -0.0106. The quantitative estimate of drug-likeness (QED) is 0.715. The van der Waals surface area contributed by atoms with Gasteiger partial charge in [-0.2, -0.15) is 5.10 Å². The number of hydrogen-bond acceptors (Lipinski definition) is 4. The molecule has 28 heavy (non-hydrogen) atoms. The lowest BCUT2D eigenvalue weighted by atomic mass is 10.0. The lowest BCUT2D eigenvalue weighted by molar-refractivity contribution is -0.126. The highest BCUT2D eigenvalue weighted by Gasteiger charge is 2.24. The standard InChI is InChI=1S/C22H19N3O3/c26-21(9-7-15-6-8-19-20(12-15)28-14-27-19)25-11-10-18-17(13-25)22(24-23-18)16-4-2-1-3-5-16/h1-9,12H,10-11,13-14H2,(H,23,24)/b9-7+. The SMILES string of the molecule is O=C(/C=C/c1ccc2c(c1)OCO2)N1CCc2[nH]nc(-c3ccccc3)c2C1. The Labute approximate surface area is 162 Å². The highest BCUT2D eigenvalue weighted by Crippen LogP contribution is 2.33. The van der Waals surface area contributed by atoms with Gasteiger partial charge in [-0.15, -0.1) is 0 Å². The normalized spacial score (nSPS) is 15.1. The second kappa shape index (κ2) is 6.88. The first-order valence-corrected chi connectivity index (χ1v) is 9.26. The zero-order chi connectivity index (χ0) is 18.9. The summed E-state index contributed by atoms with van der Waals surface area (Å²) in [5.74, 6) is 1.44. The maximum atomic E-state index is 12.7. The van der Waals surface area contributed by atoms with Crippen molar-refractivity contribution in [3.05, 3.63) is 71.4 Å². The fourth-order valence-electron chi connectivity index (χ4n) is 3.61. The summed E-state index contributed by atoms with van der Waals surface area (Å²) in [5.41, 5.74) is 5.10. The molecule has 3 aromatic rings. The monoisotopic (exact) mass is 373 g/mol. The molecular formula is C22H19N3O3. The number of carbonyl (C=O) groups excluding carboxylic acids is 1. The predicted octanol–water partition coefficient (Wildman–Crippen LogP) is 3.40. The predicted molar refractivity (Wildman–Crippen MR) is 105 cm³/mol. The summed E-state index contributed by atoms with van der Waals surface area (Å²) in [6.07, 6.45) is 4.21. The van der Waals surface area contributed by atoms with Crippen LogP contribution in [0.1, 0.15) is 16.8 Å². The van der Waals surface area contributed by atoms with Crippen molar-refractivity contribution in [2.75, 3.05) is 13.3 Å². The van der Waals surface area contributed by atoms with Crippen LogP contribution in [0.3, 0.4) is 0 Å². The number of nitrogens with zero attached hydrogens (tertiary/aromatic N) is 2. The second-order valence-electron chi connectivity index (χ2n) is 6.85. The topological polar surface area (TPSA) is 67.5 Å². The van der Waals surface area contributed by atoms with Crippen molar-refractivity contribution < 1.29 is 14.3 Å². The molecule has 140 valence electrons. The minimum Gasteiger partial charge on any atom is -0.454 e. The Bertz CT molecular complexity index is 1060. The van der Waals surface area contributed by atoms with Gasteiger partial charge in [-0.1, -0.05) is 36.4 Å². The van der Waals surface area contributed by atoms with Gasteiger partial charge in [0, 0.05) is 42.4 Å². The van der Waals surface area contributed by atoms with Crippen LogP contribution in [0.5, 0.6) is 11.5 Å². The summed E-state index contributed by atoms with van der Waals surface area (Å²) in [6, 6.07) is 15.7. The molecule has 0 saturated carbocycles. The molecule has 2 aliphatic heterocycles. The first-order chi connectivity index (χ1) is 13.8. The van der Waals surface area contributed by atoms with Crippen LogP contribution in [0.25, 0.3) is 17.3 Å². The smallest absolute Gasteiger partial charge is 0.246 e. The first kappa shape index (κ1) is 16.6. The third-order valence-corrected chi connectivity index (χ3v) is 5.11. The molecule has 6 heteroatoms. The number of amides is 1. The molecule has 1 N–H and O–H groups in total. The van der Waals surface area contributed by atoms with Crippen molar-refractivity contribution in [1.82, 2.24) is 15.1 Å². The van der Waals surface area contributed by atoms with E-state index in [9.17, 15) is 4.79 Å². The lowest BCUT2D eigenvalue weighted by Crippen LogP contribution is -2.34. The minimum absolute atomic E-state index is 0.0106. The average Bonchev–Trinajstić information content (AvgIpc) is 3.38. The Kier molecular flexibility index (Phi) is 4.09. The third kappa shape index (κ3) is 3.03. The molecule has 2 aromatic carbocycles. The van der Waals surface area contributed by atoms with Gasteiger partial charge < -0.3 is 14.4 Å². The maximum absolute atomic E-state index is 12.7. The molecule has 5 rings (SSSR count). The van der Waals surface area contributed by atoms with E-state index in [1.165, 1.54) is 0 Å². The maximum Gasteiger partial charge on any atom is 0.246 e. The molecule has 0 bridgehead atoms. The summed E-state index contributed by atoms with van der Waals surface area (Å²) < 4.78 is 10.7. The molecule has 2 aliphatic rings. The van der Waals surface area contributed by atoms with E-state index < -0.39 is 0 Å². The molecule has 0 radical (unpaired) electrons. The van der Waals surface area contributed by atoms with Gasteiger partial charge in [-0.25, -0.2) is 0 Å². The van der Waals surface area contributed by atoms with Crippen LogP contribution in [0.4, 0.5) is 0 Å². The van der Waals surface area contributed by atoms with Gasteiger partial charge in [0.2, 0.25) is 12.7 Å². The van der Waals surface area contributed by atoms with E-state index >= 15 is 0 Å². The molecule has 1 aromatic heterocycles. The van der Waals surface area contributed by atoms with Gasteiger partial charge in [0.15, 0.2) is 11.5 Å². The molecule has 1 amide bonds. The fraction of sp³-hybridized carbons (Fsp3) is 0.182. The first-order valence-electron chi connectivity index (χ1n) is 9.26. The lowest BCUT2D eigenvalue weighted by Gasteiger charge is -2.26. The van der Waals surface area contributed by atoms with E-state index in [1.807, 2.05) is 59.5 Å².